The summed E-state index contributed by atoms with van der Waals surface area (Å²) in [5.41, 5.74) is 1.90. The van der Waals surface area contributed by atoms with Crippen molar-refractivity contribution in [1.82, 2.24) is 0 Å². The van der Waals surface area contributed by atoms with Crippen molar-refractivity contribution in [3.8, 4) is 5.75 Å². The number of rotatable bonds is 4. The summed E-state index contributed by atoms with van der Waals surface area (Å²) < 4.78 is 0. The minimum Gasteiger partial charge on any atom is -0.504 e. The number of aromatic hydroxyl groups is 1. The standard InChI is InChI=1S/C19H18Cl2N2O3/c20-14-9-16(21)18(25)17(10-14)22-19(26)13-5-7-23(8-6-13)15-3-1-12(11-24)2-4-15/h1-4,9-11,13,25H,5-8H2,(H,22,26). The van der Waals surface area contributed by atoms with Gasteiger partial charge in [-0.15, -0.1) is 0 Å². The second-order valence-electron chi connectivity index (χ2n) is 6.24. The quantitative estimate of drug-likeness (QED) is 0.598. The van der Waals surface area contributed by atoms with Gasteiger partial charge in [0.1, 0.15) is 6.29 Å². The summed E-state index contributed by atoms with van der Waals surface area (Å²) in [7, 11) is 0. The van der Waals surface area contributed by atoms with Gasteiger partial charge in [0, 0.05) is 35.3 Å². The lowest BCUT2D eigenvalue weighted by molar-refractivity contribution is -0.120. The molecule has 2 aromatic carbocycles. The average molecular weight is 393 g/mol. The lowest BCUT2D eigenvalue weighted by atomic mass is 9.95. The molecule has 0 saturated carbocycles. The molecule has 0 atom stereocenters. The van der Waals surface area contributed by atoms with Crippen LogP contribution in [0.2, 0.25) is 10.0 Å². The normalized spacial score (nSPS) is 14.9. The molecule has 136 valence electrons. The van der Waals surface area contributed by atoms with Gasteiger partial charge in [0.15, 0.2) is 5.75 Å². The van der Waals surface area contributed by atoms with Crippen LogP contribution >= 0.6 is 23.2 Å². The van der Waals surface area contributed by atoms with Crippen LogP contribution in [0.25, 0.3) is 0 Å². The first-order valence-electron chi connectivity index (χ1n) is 8.27. The van der Waals surface area contributed by atoms with Gasteiger partial charge in [0.05, 0.1) is 10.7 Å². The number of benzene rings is 2. The molecule has 0 bridgehead atoms. The van der Waals surface area contributed by atoms with E-state index in [9.17, 15) is 14.7 Å². The zero-order chi connectivity index (χ0) is 18.7. The number of nitrogens with one attached hydrogen (secondary N) is 1. The molecule has 2 N–H and O–H groups in total. The molecule has 1 amide bonds. The van der Waals surface area contributed by atoms with Crippen LogP contribution < -0.4 is 10.2 Å². The van der Waals surface area contributed by atoms with Gasteiger partial charge in [-0.1, -0.05) is 23.2 Å². The maximum absolute atomic E-state index is 12.5. The predicted molar refractivity (Wildman–Crippen MR) is 104 cm³/mol. The number of phenolic OH excluding ortho intramolecular Hbond substituents is 1. The number of amides is 1. The van der Waals surface area contributed by atoms with E-state index in [2.05, 4.69) is 10.2 Å². The second-order valence-corrected chi connectivity index (χ2v) is 7.09. The molecule has 3 rings (SSSR count). The van der Waals surface area contributed by atoms with Crippen LogP contribution in [0, 0.1) is 5.92 Å². The van der Waals surface area contributed by atoms with Gasteiger partial charge in [0.2, 0.25) is 5.91 Å². The first-order chi connectivity index (χ1) is 12.5. The maximum atomic E-state index is 12.5. The van der Waals surface area contributed by atoms with Crippen LogP contribution in [-0.4, -0.2) is 30.4 Å². The van der Waals surface area contributed by atoms with Gasteiger partial charge in [-0.3, -0.25) is 9.59 Å². The Bertz CT molecular complexity index is 816. The summed E-state index contributed by atoms with van der Waals surface area (Å²) in [6.07, 6.45) is 2.20. The fourth-order valence-electron chi connectivity index (χ4n) is 3.06. The van der Waals surface area contributed by atoms with E-state index in [1.807, 2.05) is 12.1 Å². The van der Waals surface area contributed by atoms with Crippen LogP contribution in [0.15, 0.2) is 36.4 Å². The van der Waals surface area contributed by atoms with Crippen molar-refractivity contribution in [2.75, 3.05) is 23.3 Å². The zero-order valence-electron chi connectivity index (χ0n) is 13.9. The Morgan fingerprint density at radius 1 is 1.15 bits per heavy atom. The molecule has 1 heterocycles. The number of piperidine rings is 1. The van der Waals surface area contributed by atoms with E-state index in [1.54, 1.807) is 12.1 Å². The van der Waals surface area contributed by atoms with Crippen LogP contribution in [0.3, 0.4) is 0 Å². The predicted octanol–water partition coefficient (Wildman–Crippen LogP) is 4.37. The molecule has 0 spiro atoms. The summed E-state index contributed by atoms with van der Waals surface area (Å²) in [5, 5.41) is 13.1. The number of carbonyl (C=O) groups excluding carboxylic acids is 2. The first kappa shape index (κ1) is 18.5. The number of anilines is 2. The Labute approximate surface area is 161 Å². The molecule has 1 saturated heterocycles. The van der Waals surface area contributed by atoms with E-state index in [-0.39, 0.29) is 28.3 Å². The molecule has 1 aliphatic heterocycles. The third-order valence-electron chi connectivity index (χ3n) is 4.55. The fraction of sp³-hybridized carbons (Fsp3) is 0.263. The minimum absolute atomic E-state index is 0.0985. The summed E-state index contributed by atoms with van der Waals surface area (Å²) in [6.45, 7) is 1.47. The Morgan fingerprint density at radius 3 is 2.42 bits per heavy atom. The van der Waals surface area contributed by atoms with Gasteiger partial charge in [-0.25, -0.2) is 0 Å². The lowest BCUT2D eigenvalue weighted by Gasteiger charge is -2.33. The van der Waals surface area contributed by atoms with Crippen molar-refractivity contribution >= 4 is 46.8 Å². The SMILES string of the molecule is O=Cc1ccc(N2CCC(C(=O)Nc3cc(Cl)cc(Cl)c3O)CC2)cc1. The van der Waals surface area contributed by atoms with Crippen molar-refractivity contribution in [2.24, 2.45) is 5.92 Å². The van der Waals surface area contributed by atoms with E-state index >= 15 is 0 Å². The van der Waals surface area contributed by atoms with E-state index in [0.717, 1.165) is 25.1 Å². The molecule has 0 unspecified atom stereocenters. The minimum atomic E-state index is -0.183. The molecule has 0 aromatic heterocycles. The first-order valence-corrected chi connectivity index (χ1v) is 9.02. The van der Waals surface area contributed by atoms with Crippen molar-refractivity contribution < 1.29 is 14.7 Å². The molecule has 0 aliphatic carbocycles. The highest BCUT2D eigenvalue weighted by molar-refractivity contribution is 6.36. The number of phenols is 1. The topological polar surface area (TPSA) is 69.6 Å². The van der Waals surface area contributed by atoms with Crippen molar-refractivity contribution in [2.45, 2.75) is 12.8 Å². The van der Waals surface area contributed by atoms with Gasteiger partial charge >= 0.3 is 0 Å². The van der Waals surface area contributed by atoms with E-state index in [4.69, 9.17) is 23.2 Å². The largest absolute Gasteiger partial charge is 0.504 e. The number of aldehydes is 1. The highest BCUT2D eigenvalue weighted by atomic mass is 35.5. The number of nitrogens with zero attached hydrogens (tertiary/aromatic N) is 1. The molecule has 1 fully saturated rings. The lowest BCUT2D eigenvalue weighted by Crippen LogP contribution is -2.38. The average Bonchev–Trinajstić information content (AvgIpc) is 2.66. The number of hydrogen-bond acceptors (Lipinski definition) is 4. The van der Waals surface area contributed by atoms with Crippen molar-refractivity contribution in [3.63, 3.8) is 0 Å². The summed E-state index contributed by atoms with van der Waals surface area (Å²) in [4.78, 5) is 25.4. The Hall–Kier alpha value is -2.24. The van der Waals surface area contributed by atoms with Crippen LogP contribution in [-0.2, 0) is 4.79 Å². The van der Waals surface area contributed by atoms with Crippen LogP contribution in [0.1, 0.15) is 23.2 Å². The monoisotopic (exact) mass is 392 g/mol. The molecular formula is C19H18Cl2N2O3. The number of halogens is 2. The van der Waals surface area contributed by atoms with Gasteiger partial charge in [0.25, 0.3) is 0 Å². The third kappa shape index (κ3) is 4.11. The Balaban J connectivity index is 1.60. The van der Waals surface area contributed by atoms with Gasteiger partial charge < -0.3 is 15.3 Å². The van der Waals surface area contributed by atoms with Gasteiger partial charge in [-0.05, 0) is 49.2 Å². The highest BCUT2D eigenvalue weighted by Crippen LogP contribution is 2.35. The second kappa shape index (κ2) is 7.98. The van der Waals surface area contributed by atoms with E-state index in [1.165, 1.54) is 12.1 Å². The summed E-state index contributed by atoms with van der Waals surface area (Å²) >= 11 is 11.8. The maximum Gasteiger partial charge on any atom is 0.227 e. The molecular weight excluding hydrogens is 375 g/mol. The smallest absolute Gasteiger partial charge is 0.227 e. The van der Waals surface area contributed by atoms with Crippen LogP contribution in [0.4, 0.5) is 11.4 Å². The molecule has 0 radical (unpaired) electrons. The summed E-state index contributed by atoms with van der Waals surface area (Å²) in [5.74, 6) is -0.496. The molecule has 5 nitrogen and oxygen atoms in total. The molecule has 26 heavy (non-hydrogen) atoms. The Morgan fingerprint density at radius 2 is 1.81 bits per heavy atom. The van der Waals surface area contributed by atoms with Crippen molar-refractivity contribution in [1.29, 1.82) is 0 Å². The van der Waals surface area contributed by atoms with Crippen molar-refractivity contribution in [3.05, 3.63) is 52.0 Å². The summed E-state index contributed by atoms with van der Waals surface area (Å²) in [6, 6.07) is 10.3. The number of carbonyl (C=O) groups is 2. The van der Waals surface area contributed by atoms with E-state index in [0.29, 0.717) is 23.4 Å². The fourth-order valence-corrected chi connectivity index (χ4v) is 3.55. The highest BCUT2D eigenvalue weighted by Gasteiger charge is 2.26. The number of hydrogen-bond donors (Lipinski definition) is 2. The third-order valence-corrected chi connectivity index (χ3v) is 5.05. The zero-order valence-corrected chi connectivity index (χ0v) is 15.4. The molecule has 2 aromatic rings. The van der Waals surface area contributed by atoms with Gasteiger partial charge in [-0.2, -0.15) is 0 Å². The molecule has 1 aliphatic rings. The Kier molecular flexibility index (Phi) is 5.69. The van der Waals surface area contributed by atoms with E-state index < -0.39 is 0 Å². The van der Waals surface area contributed by atoms with Crippen LogP contribution in [0.5, 0.6) is 5.75 Å². The molecule has 7 heteroatoms.